The highest BCUT2D eigenvalue weighted by Crippen LogP contribution is 2.40. The molecule has 0 aliphatic carbocycles. The molecule has 3 aromatic rings. The minimum absolute atomic E-state index is 0.228. The van der Waals surface area contributed by atoms with Crippen molar-refractivity contribution < 1.29 is 8.42 Å². The quantitative estimate of drug-likeness (QED) is 0.608. The van der Waals surface area contributed by atoms with Crippen LogP contribution in [-0.2, 0) is 10.0 Å². The molecule has 0 atom stereocenters. The maximum Gasteiger partial charge on any atom is 0.254 e. The highest BCUT2D eigenvalue weighted by molar-refractivity contribution is 7.91. The summed E-state index contributed by atoms with van der Waals surface area (Å²) in [5.74, 6) is 0. The first-order valence-electron chi connectivity index (χ1n) is 8.15. The molecular weight excluding hydrogens is 411 g/mol. The Morgan fingerprint density at radius 3 is 2.23 bits per heavy atom. The molecule has 2 aromatic carbocycles. The number of piperazine rings is 1. The molecule has 136 valence electrons. The van der Waals surface area contributed by atoms with Crippen LogP contribution >= 0.6 is 34.5 Å². The monoisotopic (exact) mass is 426 g/mol. The molecule has 1 aliphatic rings. The summed E-state index contributed by atoms with van der Waals surface area (Å²) in [5.41, 5.74) is 0.936. The van der Waals surface area contributed by atoms with Crippen LogP contribution in [0.15, 0.2) is 52.7 Å². The summed E-state index contributed by atoms with van der Waals surface area (Å²) in [6, 6.07) is 15.1. The molecule has 1 aromatic heterocycles. The third kappa shape index (κ3) is 3.10. The first-order chi connectivity index (χ1) is 12.5. The smallest absolute Gasteiger partial charge is 0.254 e. The van der Waals surface area contributed by atoms with Crippen LogP contribution in [0, 0.1) is 0 Å². The van der Waals surface area contributed by atoms with Crippen LogP contribution in [0.4, 0.5) is 5.69 Å². The van der Waals surface area contributed by atoms with Gasteiger partial charge >= 0.3 is 0 Å². The highest BCUT2D eigenvalue weighted by Gasteiger charge is 2.32. The third-order valence-corrected chi connectivity index (χ3v) is 9.01. The summed E-state index contributed by atoms with van der Waals surface area (Å²) in [6.07, 6.45) is 0. The SMILES string of the molecule is O=S(=O)(c1sc2ccccc2c1Cl)N1CCN(c2ccccc2Cl)CC1. The molecule has 0 radical (unpaired) electrons. The van der Waals surface area contributed by atoms with Crippen molar-refractivity contribution in [2.75, 3.05) is 31.1 Å². The molecule has 0 spiro atoms. The number of hydrogen-bond acceptors (Lipinski definition) is 4. The van der Waals surface area contributed by atoms with Gasteiger partial charge in [-0.05, 0) is 18.2 Å². The van der Waals surface area contributed by atoms with Crippen LogP contribution in [0.1, 0.15) is 0 Å². The van der Waals surface area contributed by atoms with E-state index in [1.165, 1.54) is 15.6 Å². The van der Waals surface area contributed by atoms with Crippen LogP contribution in [0.25, 0.3) is 10.1 Å². The van der Waals surface area contributed by atoms with Gasteiger partial charge in [0, 0.05) is 36.3 Å². The van der Waals surface area contributed by atoms with Gasteiger partial charge in [-0.25, -0.2) is 8.42 Å². The minimum Gasteiger partial charge on any atom is -0.368 e. The molecule has 1 aliphatic heterocycles. The molecule has 0 unspecified atom stereocenters. The Kier molecular flexibility index (Phi) is 4.88. The van der Waals surface area contributed by atoms with Gasteiger partial charge < -0.3 is 4.90 Å². The lowest BCUT2D eigenvalue weighted by atomic mass is 10.2. The van der Waals surface area contributed by atoms with Crippen molar-refractivity contribution in [2.45, 2.75) is 4.21 Å². The van der Waals surface area contributed by atoms with Crippen LogP contribution in [0.5, 0.6) is 0 Å². The van der Waals surface area contributed by atoms with Crippen molar-refractivity contribution in [3.8, 4) is 0 Å². The number of thiophene rings is 1. The minimum atomic E-state index is -3.61. The van der Waals surface area contributed by atoms with E-state index < -0.39 is 10.0 Å². The number of fused-ring (bicyclic) bond motifs is 1. The van der Waals surface area contributed by atoms with Gasteiger partial charge in [-0.3, -0.25) is 0 Å². The molecule has 0 amide bonds. The summed E-state index contributed by atoms with van der Waals surface area (Å²) in [6.45, 7) is 1.98. The molecule has 1 saturated heterocycles. The fraction of sp³-hybridized carbons (Fsp3) is 0.222. The second-order valence-corrected chi connectivity index (χ2v) is 10.0. The van der Waals surface area contributed by atoms with Gasteiger partial charge in [0.2, 0.25) is 0 Å². The van der Waals surface area contributed by atoms with Crippen molar-refractivity contribution >= 4 is 60.3 Å². The lowest BCUT2D eigenvalue weighted by Crippen LogP contribution is -2.48. The number of nitrogens with zero attached hydrogens (tertiary/aromatic N) is 2. The van der Waals surface area contributed by atoms with Gasteiger partial charge in [-0.15, -0.1) is 11.3 Å². The number of para-hydroxylation sites is 1. The number of anilines is 1. The summed E-state index contributed by atoms with van der Waals surface area (Å²) in [7, 11) is -3.61. The predicted octanol–water partition coefficient (Wildman–Crippen LogP) is 4.72. The lowest BCUT2D eigenvalue weighted by Gasteiger charge is -2.35. The predicted molar refractivity (Wildman–Crippen MR) is 109 cm³/mol. The van der Waals surface area contributed by atoms with E-state index in [4.69, 9.17) is 23.2 Å². The van der Waals surface area contributed by atoms with Crippen LogP contribution in [0.3, 0.4) is 0 Å². The van der Waals surface area contributed by atoms with E-state index in [2.05, 4.69) is 4.90 Å². The number of halogens is 2. The van der Waals surface area contributed by atoms with Crippen LogP contribution in [-0.4, -0.2) is 38.9 Å². The third-order valence-electron chi connectivity index (χ3n) is 4.51. The van der Waals surface area contributed by atoms with Crippen molar-refractivity contribution in [3.63, 3.8) is 0 Å². The Labute approximate surface area is 166 Å². The second kappa shape index (κ2) is 7.02. The summed E-state index contributed by atoms with van der Waals surface area (Å²) in [4.78, 5) is 2.11. The Hall–Kier alpha value is -1.31. The number of rotatable bonds is 3. The molecule has 0 bridgehead atoms. The molecule has 2 heterocycles. The van der Waals surface area contributed by atoms with E-state index in [-0.39, 0.29) is 4.21 Å². The lowest BCUT2D eigenvalue weighted by molar-refractivity contribution is 0.386. The molecule has 4 rings (SSSR count). The Morgan fingerprint density at radius 1 is 0.885 bits per heavy atom. The van der Waals surface area contributed by atoms with Gasteiger partial charge in [-0.2, -0.15) is 4.31 Å². The molecule has 8 heteroatoms. The normalized spacial score (nSPS) is 16.3. The van der Waals surface area contributed by atoms with Gasteiger partial charge in [0.25, 0.3) is 10.0 Å². The average molecular weight is 427 g/mol. The van der Waals surface area contributed by atoms with E-state index in [0.717, 1.165) is 15.8 Å². The largest absolute Gasteiger partial charge is 0.368 e. The van der Waals surface area contributed by atoms with Crippen molar-refractivity contribution in [2.24, 2.45) is 0 Å². The van der Waals surface area contributed by atoms with Gasteiger partial charge in [0.15, 0.2) is 4.21 Å². The van der Waals surface area contributed by atoms with Crippen molar-refractivity contribution in [1.82, 2.24) is 4.31 Å². The number of hydrogen-bond donors (Lipinski definition) is 0. The fourth-order valence-electron chi connectivity index (χ4n) is 3.15. The zero-order valence-electron chi connectivity index (χ0n) is 13.7. The van der Waals surface area contributed by atoms with Crippen molar-refractivity contribution in [3.05, 3.63) is 58.6 Å². The summed E-state index contributed by atoms with van der Waals surface area (Å²) in [5, 5.41) is 1.78. The average Bonchev–Trinajstić information content (AvgIpc) is 3.00. The Balaban J connectivity index is 1.58. The molecule has 0 N–H and O–H groups in total. The first-order valence-corrected chi connectivity index (χ1v) is 11.2. The zero-order chi connectivity index (χ0) is 18.3. The molecule has 0 saturated carbocycles. The molecule has 4 nitrogen and oxygen atoms in total. The molecule has 1 fully saturated rings. The van der Waals surface area contributed by atoms with Crippen LogP contribution < -0.4 is 4.90 Å². The van der Waals surface area contributed by atoms with Gasteiger partial charge in [0.05, 0.1) is 15.7 Å². The highest BCUT2D eigenvalue weighted by atomic mass is 35.5. The standard InChI is InChI=1S/C18H16Cl2N2O2S2/c19-14-6-2-3-7-15(14)21-9-11-22(12-10-21)26(23,24)18-17(20)13-5-1-4-8-16(13)25-18/h1-8H,9-12H2. The van der Waals surface area contributed by atoms with E-state index in [9.17, 15) is 8.42 Å². The Bertz CT molecular complexity index is 1060. The zero-order valence-corrected chi connectivity index (χ0v) is 16.9. The van der Waals surface area contributed by atoms with Crippen molar-refractivity contribution in [1.29, 1.82) is 0 Å². The van der Waals surface area contributed by atoms with Crippen LogP contribution in [0.2, 0.25) is 10.0 Å². The maximum atomic E-state index is 13.1. The number of sulfonamides is 1. The maximum absolute atomic E-state index is 13.1. The fourth-order valence-corrected chi connectivity index (χ4v) is 7.08. The first kappa shape index (κ1) is 18.1. The summed E-state index contributed by atoms with van der Waals surface area (Å²) >= 11 is 13.9. The second-order valence-electron chi connectivity index (χ2n) is 6.04. The van der Waals surface area contributed by atoms with E-state index >= 15 is 0 Å². The molecular formula is C18H16Cl2N2O2S2. The topological polar surface area (TPSA) is 40.6 Å². The van der Waals surface area contributed by atoms with E-state index in [0.29, 0.717) is 36.2 Å². The summed E-state index contributed by atoms with van der Waals surface area (Å²) < 4.78 is 28.8. The number of benzene rings is 2. The molecule has 26 heavy (non-hydrogen) atoms. The van der Waals surface area contributed by atoms with Gasteiger partial charge in [-0.1, -0.05) is 53.5 Å². The van der Waals surface area contributed by atoms with E-state index in [1.54, 1.807) is 0 Å². The van der Waals surface area contributed by atoms with Gasteiger partial charge in [0.1, 0.15) is 0 Å². The van der Waals surface area contributed by atoms with E-state index in [1.807, 2.05) is 48.5 Å². The Morgan fingerprint density at radius 2 is 1.54 bits per heavy atom.